The number of para-hydroxylation sites is 2. The van der Waals surface area contributed by atoms with Crippen molar-refractivity contribution in [2.24, 2.45) is 0 Å². The standard InChI is InChI=1S/C43H25NO2/c1-24-10-9-15-27(25-11-3-2-4-12-25)38(24)26-22-34-30-18-20-32-28-13-5-7-16-36(28)45-42(32)40(30)44-39(34)35(23-26)31-19-21-33-29-14-6-8-17-37(29)46-43(33)41(31)44/h2-23H,1H3. The normalized spacial score (nSPS) is 12.5. The zero-order valence-electron chi connectivity index (χ0n) is 25.0. The van der Waals surface area contributed by atoms with E-state index in [1.807, 2.05) is 12.1 Å². The highest BCUT2D eigenvalue weighted by molar-refractivity contribution is 6.32. The summed E-state index contributed by atoms with van der Waals surface area (Å²) in [7, 11) is 0. The van der Waals surface area contributed by atoms with Crippen LogP contribution >= 0.6 is 0 Å². The molecule has 0 radical (unpaired) electrons. The van der Waals surface area contributed by atoms with E-state index in [0.29, 0.717) is 0 Å². The molecule has 0 saturated carbocycles. The molecular weight excluding hydrogens is 562 g/mol. The molecule has 0 bridgehead atoms. The molecule has 0 saturated heterocycles. The lowest BCUT2D eigenvalue weighted by Crippen LogP contribution is -1.89. The lowest BCUT2D eigenvalue weighted by Gasteiger charge is -2.14. The maximum atomic E-state index is 6.71. The smallest absolute Gasteiger partial charge is 0.160 e. The fourth-order valence-corrected chi connectivity index (χ4v) is 8.10. The molecule has 0 aliphatic carbocycles. The Morgan fingerprint density at radius 1 is 0.413 bits per heavy atom. The number of rotatable bonds is 2. The Bertz CT molecular complexity index is 2870. The molecule has 11 rings (SSSR count). The summed E-state index contributed by atoms with van der Waals surface area (Å²) in [4.78, 5) is 0. The van der Waals surface area contributed by atoms with Crippen LogP contribution in [0.1, 0.15) is 5.56 Å². The number of aromatic nitrogens is 1. The SMILES string of the molecule is Cc1cccc(-c2ccccc2)c1-c1cc2c3ccc4c5ccccc5oc4c3n3c2c(c1)c1ccc2c4ccccc4oc2c13. The molecule has 11 aromatic rings. The minimum atomic E-state index is 0.900. The van der Waals surface area contributed by atoms with E-state index < -0.39 is 0 Å². The summed E-state index contributed by atoms with van der Waals surface area (Å²) in [6, 6.07) is 47.8. The van der Waals surface area contributed by atoms with Crippen LogP contribution in [-0.2, 0) is 0 Å². The van der Waals surface area contributed by atoms with Crippen LogP contribution in [0.5, 0.6) is 0 Å². The summed E-state index contributed by atoms with van der Waals surface area (Å²) in [5, 5.41) is 9.30. The summed E-state index contributed by atoms with van der Waals surface area (Å²) in [6.45, 7) is 2.22. The lowest BCUT2D eigenvalue weighted by atomic mass is 9.89. The van der Waals surface area contributed by atoms with E-state index in [9.17, 15) is 0 Å². The molecule has 0 N–H and O–H groups in total. The van der Waals surface area contributed by atoms with Gasteiger partial charge < -0.3 is 13.2 Å². The molecule has 7 aromatic carbocycles. The maximum absolute atomic E-state index is 6.71. The Kier molecular flexibility index (Phi) is 4.52. The van der Waals surface area contributed by atoms with Crippen molar-refractivity contribution in [1.82, 2.24) is 4.40 Å². The van der Waals surface area contributed by atoms with Gasteiger partial charge >= 0.3 is 0 Å². The highest BCUT2D eigenvalue weighted by Crippen LogP contribution is 2.48. The summed E-state index contributed by atoms with van der Waals surface area (Å²) in [6.07, 6.45) is 0. The van der Waals surface area contributed by atoms with Gasteiger partial charge in [0.1, 0.15) is 11.2 Å². The molecule has 3 heteroatoms. The van der Waals surface area contributed by atoms with Gasteiger partial charge in [0.05, 0.1) is 16.6 Å². The zero-order chi connectivity index (χ0) is 30.1. The van der Waals surface area contributed by atoms with Crippen LogP contribution in [0, 0.1) is 6.92 Å². The Balaban J connectivity index is 1.38. The van der Waals surface area contributed by atoms with E-state index in [1.54, 1.807) is 0 Å². The van der Waals surface area contributed by atoms with Crippen molar-refractivity contribution in [2.75, 3.05) is 0 Å². The van der Waals surface area contributed by atoms with Gasteiger partial charge in [-0.1, -0.05) is 97.1 Å². The molecule has 0 aliphatic rings. The van der Waals surface area contributed by atoms with Crippen LogP contribution in [0.2, 0.25) is 0 Å². The largest absolute Gasteiger partial charge is 0.454 e. The van der Waals surface area contributed by atoms with Gasteiger partial charge in [-0.2, -0.15) is 0 Å². The minimum absolute atomic E-state index is 0.900. The summed E-state index contributed by atoms with van der Waals surface area (Å²) < 4.78 is 15.8. The Hall–Kier alpha value is -6.06. The third-order valence-corrected chi connectivity index (χ3v) is 10.0. The predicted molar refractivity (Wildman–Crippen MR) is 191 cm³/mol. The van der Waals surface area contributed by atoms with Gasteiger partial charge in [0, 0.05) is 43.1 Å². The van der Waals surface area contributed by atoms with Crippen molar-refractivity contribution >= 4 is 82.0 Å². The predicted octanol–water partition coefficient (Wildman–Crippen LogP) is 12.3. The van der Waals surface area contributed by atoms with Crippen molar-refractivity contribution in [3.05, 3.63) is 139 Å². The van der Waals surface area contributed by atoms with E-state index in [2.05, 4.69) is 133 Å². The van der Waals surface area contributed by atoms with E-state index in [-0.39, 0.29) is 0 Å². The fourth-order valence-electron chi connectivity index (χ4n) is 8.10. The van der Waals surface area contributed by atoms with Gasteiger partial charge in [0.15, 0.2) is 11.2 Å². The first-order valence-electron chi connectivity index (χ1n) is 15.8. The molecule has 0 unspecified atom stereocenters. The van der Waals surface area contributed by atoms with Gasteiger partial charge in [-0.3, -0.25) is 0 Å². The molecule has 214 valence electrons. The fraction of sp³-hybridized carbons (Fsp3) is 0.0233. The van der Waals surface area contributed by atoms with E-state index in [4.69, 9.17) is 8.83 Å². The van der Waals surface area contributed by atoms with Gasteiger partial charge in [-0.05, 0) is 71.1 Å². The van der Waals surface area contributed by atoms with Crippen molar-refractivity contribution < 1.29 is 8.83 Å². The van der Waals surface area contributed by atoms with Gasteiger partial charge in [0.25, 0.3) is 0 Å². The molecular formula is C43H25NO2. The second-order valence-electron chi connectivity index (χ2n) is 12.5. The minimum Gasteiger partial charge on any atom is -0.454 e. The Labute approximate surface area is 262 Å². The Morgan fingerprint density at radius 2 is 0.957 bits per heavy atom. The van der Waals surface area contributed by atoms with Gasteiger partial charge in [0.2, 0.25) is 0 Å². The first-order chi connectivity index (χ1) is 22.7. The van der Waals surface area contributed by atoms with E-state index in [0.717, 1.165) is 54.9 Å². The molecule has 0 atom stereocenters. The average molecular weight is 588 g/mol. The van der Waals surface area contributed by atoms with E-state index in [1.165, 1.54) is 54.9 Å². The third-order valence-electron chi connectivity index (χ3n) is 10.0. The topological polar surface area (TPSA) is 30.7 Å². The first kappa shape index (κ1) is 24.3. The zero-order valence-corrected chi connectivity index (χ0v) is 25.0. The highest BCUT2D eigenvalue weighted by Gasteiger charge is 2.26. The number of aryl methyl sites for hydroxylation is 1. The second kappa shape index (κ2) is 8.56. The van der Waals surface area contributed by atoms with Crippen LogP contribution in [0.4, 0.5) is 0 Å². The number of hydrogen-bond acceptors (Lipinski definition) is 2. The van der Waals surface area contributed by atoms with E-state index >= 15 is 0 Å². The highest BCUT2D eigenvalue weighted by atomic mass is 16.3. The van der Waals surface area contributed by atoms with Crippen LogP contribution in [0.25, 0.3) is 104 Å². The summed E-state index contributed by atoms with van der Waals surface area (Å²) >= 11 is 0. The van der Waals surface area contributed by atoms with Gasteiger partial charge in [-0.15, -0.1) is 0 Å². The van der Waals surface area contributed by atoms with Crippen LogP contribution in [0.15, 0.2) is 142 Å². The second-order valence-corrected chi connectivity index (χ2v) is 12.5. The summed E-state index contributed by atoms with van der Waals surface area (Å²) in [5.41, 5.74) is 13.2. The molecule has 0 amide bonds. The number of fused-ring (bicyclic) bond motifs is 14. The van der Waals surface area contributed by atoms with Crippen LogP contribution in [-0.4, -0.2) is 4.40 Å². The van der Waals surface area contributed by atoms with Crippen molar-refractivity contribution in [2.45, 2.75) is 6.92 Å². The molecule has 3 nitrogen and oxygen atoms in total. The maximum Gasteiger partial charge on any atom is 0.160 e. The molecule has 0 aliphatic heterocycles. The van der Waals surface area contributed by atoms with Crippen LogP contribution in [0.3, 0.4) is 0 Å². The molecule has 4 aromatic heterocycles. The number of nitrogens with zero attached hydrogens (tertiary/aromatic N) is 1. The van der Waals surface area contributed by atoms with Crippen molar-refractivity contribution in [3.8, 4) is 22.3 Å². The quantitative estimate of drug-likeness (QED) is 0.201. The number of benzene rings is 7. The van der Waals surface area contributed by atoms with Crippen LogP contribution < -0.4 is 0 Å². The van der Waals surface area contributed by atoms with Crippen molar-refractivity contribution in [1.29, 1.82) is 0 Å². The average Bonchev–Trinajstić information content (AvgIpc) is 3.84. The monoisotopic (exact) mass is 587 g/mol. The number of hydrogen-bond donors (Lipinski definition) is 0. The van der Waals surface area contributed by atoms with Crippen molar-refractivity contribution in [3.63, 3.8) is 0 Å². The van der Waals surface area contributed by atoms with Gasteiger partial charge in [-0.25, -0.2) is 0 Å². The molecule has 46 heavy (non-hydrogen) atoms. The summed E-state index contributed by atoms with van der Waals surface area (Å²) in [5.74, 6) is 0. The molecule has 0 fully saturated rings. The molecule has 4 heterocycles. The first-order valence-corrected chi connectivity index (χ1v) is 15.8. The third kappa shape index (κ3) is 2.97. The number of furan rings is 2. The lowest BCUT2D eigenvalue weighted by molar-refractivity contribution is 0.670. The Morgan fingerprint density at radius 3 is 1.57 bits per heavy atom. The molecule has 0 spiro atoms.